The summed E-state index contributed by atoms with van der Waals surface area (Å²) in [7, 11) is -2.17. The zero-order chi connectivity index (χ0) is 39.4. The fraction of sp³-hybridized carbons (Fsp3) is 0.455. The standard InChI is InChI=1S/C44H57N3O6Si/c1-11-13-23-37-38(39(42(50)51-12-2)45-47(37)33-21-15-14-16-22-33)35-25-24-31(41(49)53-43(3,4)5)27-36(35)40(48)46-28-32-20-18-17-19-30(32)26-34(46)29-52-54(9,10)44(6,7)8/h14-22,24-25,27,34H,11-13,23,26,28-29H2,1-10H3/t34-/m0/s1. The molecule has 0 spiro atoms. The summed E-state index contributed by atoms with van der Waals surface area (Å²) in [6.45, 7) is 21.3. The van der Waals surface area contributed by atoms with Crippen molar-refractivity contribution < 1.29 is 28.3 Å². The van der Waals surface area contributed by atoms with Gasteiger partial charge >= 0.3 is 11.9 Å². The third-order valence-corrected chi connectivity index (χ3v) is 14.9. The quantitative estimate of drug-likeness (QED) is 0.105. The van der Waals surface area contributed by atoms with E-state index in [-0.39, 0.29) is 40.4 Å². The van der Waals surface area contributed by atoms with E-state index in [2.05, 4.69) is 52.9 Å². The Morgan fingerprint density at radius 1 is 0.870 bits per heavy atom. The highest BCUT2D eigenvalue weighted by molar-refractivity contribution is 6.74. The Labute approximate surface area is 322 Å². The predicted molar refractivity (Wildman–Crippen MR) is 216 cm³/mol. The Kier molecular flexibility index (Phi) is 12.4. The number of fused-ring (bicyclic) bond motifs is 1. The number of unbranched alkanes of at least 4 members (excludes halogenated alkanes) is 1. The number of esters is 2. The van der Waals surface area contributed by atoms with Crippen LogP contribution >= 0.6 is 0 Å². The van der Waals surface area contributed by atoms with Crippen molar-refractivity contribution in [2.45, 2.75) is 117 Å². The highest BCUT2D eigenvalue weighted by Gasteiger charge is 2.40. The molecule has 4 aromatic rings. The molecule has 10 heteroatoms. The lowest BCUT2D eigenvalue weighted by Gasteiger charge is -2.41. The van der Waals surface area contributed by atoms with Crippen molar-refractivity contribution in [2.24, 2.45) is 0 Å². The number of rotatable bonds is 12. The van der Waals surface area contributed by atoms with Gasteiger partial charge in [0.1, 0.15) is 5.60 Å². The second kappa shape index (κ2) is 16.4. The third kappa shape index (κ3) is 9.04. The molecule has 0 bridgehead atoms. The van der Waals surface area contributed by atoms with Crippen LogP contribution < -0.4 is 0 Å². The fourth-order valence-corrected chi connectivity index (χ4v) is 7.53. The maximum absolute atomic E-state index is 15.4. The van der Waals surface area contributed by atoms with E-state index in [0.717, 1.165) is 29.8 Å². The monoisotopic (exact) mass is 751 g/mol. The summed E-state index contributed by atoms with van der Waals surface area (Å²) in [6.07, 6.45) is 2.94. The molecule has 0 N–H and O–H groups in total. The highest BCUT2D eigenvalue weighted by Crippen LogP contribution is 2.39. The summed E-state index contributed by atoms with van der Waals surface area (Å²) in [5.41, 5.74) is 4.74. The molecule has 0 radical (unpaired) electrons. The van der Waals surface area contributed by atoms with E-state index in [4.69, 9.17) is 19.0 Å². The van der Waals surface area contributed by atoms with Gasteiger partial charge in [-0.05, 0) is 106 Å². The maximum atomic E-state index is 15.4. The number of para-hydroxylation sites is 1. The molecule has 54 heavy (non-hydrogen) atoms. The molecule has 1 aliphatic heterocycles. The second-order valence-electron chi connectivity index (χ2n) is 16.6. The third-order valence-electron chi connectivity index (χ3n) is 10.4. The van der Waals surface area contributed by atoms with Crippen molar-refractivity contribution in [3.8, 4) is 16.8 Å². The number of carbonyl (C=O) groups is 3. The number of benzene rings is 3. The van der Waals surface area contributed by atoms with Crippen LogP contribution in [-0.4, -0.2) is 65.7 Å². The van der Waals surface area contributed by atoms with Gasteiger partial charge in [0.25, 0.3) is 5.91 Å². The van der Waals surface area contributed by atoms with Crippen molar-refractivity contribution in [1.29, 1.82) is 0 Å². The molecule has 3 aromatic carbocycles. The van der Waals surface area contributed by atoms with Crippen LogP contribution in [0.3, 0.4) is 0 Å². The number of nitrogens with zero attached hydrogens (tertiary/aromatic N) is 3. The van der Waals surface area contributed by atoms with E-state index >= 15 is 4.79 Å². The summed E-state index contributed by atoms with van der Waals surface area (Å²) in [6, 6.07) is 22.7. The Hall–Kier alpha value is -4.54. The Bertz CT molecular complexity index is 1970. The predicted octanol–water partition coefficient (Wildman–Crippen LogP) is 9.60. The smallest absolute Gasteiger partial charge is 0.359 e. The van der Waals surface area contributed by atoms with Crippen LogP contribution in [0, 0.1) is 0 Å². The molecule has 0 saturated heterocycles. The van der Waals surface area contributed by atoms with E-state index in [1.165, 1.54) is 5.56 Å². The molecule has 5 rings (SSSR count). The van der Waals surface area contributed by atoms with Gasteiger partial charge in [-0.2, -0.15) is 5.10 Å². The van der Waals surface area contributed by atoms with E-state index in [9.17, 15) is 9.59 Å². The summed E-state index contributed by atoms with van der Waals surface area (Å²) in [4.78, 5) is 44.7. The molecule has 0 saturated carbocycles. The average Bonchev–Trinajstić information content (AvgIpc) is 3.50. The van der Waals surface area contributed by atoms with Crippen molar-refractivity contribution in [2.75, 3.05) is 13.2 Å². The van der Waals surface area contributed by atoms with Gasteiger partial charge in [-0.3, -0.25) is 4.79 Å². The molecule has 288 valence electrons. The molecule has 9 nitrogen and oxygen atoms in total. The molecule has 0 aliphatic carbocycles. The van der Waals surface area contributed by atoms with Gasteiger partial charge in [0, 0.05) is 17.7 Å². The number of amides is 1. The van der Waals surface area contributed by atoms with Gasteiger partial charge in [-0.25, -0.2) is 14.3 Å². The fourth-order valence-electron chi connectivity index (χ4n) is 6.49. The number of aromatic nitrogens is 2. The molecular formula is C44H57N3O6Si. The van der Waals surface area contributed by atoms with Crippen LogP contribution in [0.2, 0.25) is 18.1 Å². The van der Waals surface area contributed by atoms with E-state index in [1.807, 2.05) is 68.1 Å². The molecule has 1 aromatic heterocycles. The molecule has 1 amide bonds. The Balaban J connectivity index is 1.74. The molecule has 0 fully saturated rings. The number of ether oxygens (including phenoxy) is 2. The van der Waals surface area contributed by atoms with Gasteiger partial charge in [-0.15, -0.1) is 0 Å². The van der Waals surface area contributed by atoms with Crippen LogP contribution in [0.5, 0.6) is 0 Å². The number of hydrogen-bond acceptors (Lipinski definition) is 7. The normalized spacial score (nSPS) is 14.8. The summed E-state index contributed by atoms with van der Waals surface area (Å²) in [5, 5.41) is 4.87. The van der Waals surface area contributed by atoms with Crippen molar-refractivity contribution in [3.63, 3.8) is 0 Å². The lowest BCUT2D eigenvalue weighted by molar-refractivity contribution is 0.00691. The average molecular weight is 752 g/mol. The lowest BCUT2D eigenvalue weighted by Crippen LogP contribution is -2.50. The van der Waals surface area contributed by atoms with Crippen LogP contribution in [-0.2, 0) is 33.3 Å². The minimum absolute atomic E-state index is 0.0133. The summed E-state index contributed by atoms with van der Waals surface area (Å²) < 4.78 is 19.9. The van der Waals surface area contributed by atoms with E-state index < -0.39 is 25.9 Å². The first kappa shape index (κ1) is 40.6. The van der Waals surface area contributed by atoms with Crippen molar-refractivity contribution in [3.05, 3.63) is 106 Å². The van der Waals surface area contributed by atoms with Gasteiger partial charge < -0.3 is 18.8 Å². The Morgan fingerprint density at radius 2 is 1.54 bits per heavy atom. The largest absolute Gasteiger partial charge is 0.461 e. The molecule has 1 aliphatic rings. The topological polar surface area (TPSA) is 100.0 Å². The van der Waals surface area contributed by atoms with Crippen LogP contribution in [0.15, 0.2) is 72.8 Å². The van der Waals surface area contributed by atoms with Crippen LogP contribution in [0.1, 0.15) is 116 Å². The highest BCUT2D eigenvalue weighted by atomic mass is 28.4. The van der Waals surface area contributed by atoms with Crippen molar-refractivity contribution in [1.82, 2.24) is 14.7 Å². The zero-order valence-corrected chi connectivity index (χ0v) is 34.7. The first-order chi connectivity index (χ1) is 25.5. The Morgan fingerprint density at radius 3 is 2.17 bits per heavy atom. The zero-order valence-electron chi connectivity index (χ0n) is 33.7. The number of hydrogen-bond donors (Lipinski definition) is 0. The second-order valence-corrected chi connectivity index (χ2v) is 21.4. The SMILES string of the molecule is CCCCc1c(-c2ccc(C(=O)OC(C)(C)C)cc2C(=O)N2Cc3ccccc3C[C@H]2CO[Si](C)(C)C(C)(C)C)c(C(=O)OCC)nn1-c1ccccc1. The molecule has 2 heterocycles. The molecular weight excluding hydrogens is 695 g/mol. The van der Waals surface area contributed by atoms with Crippen LogP contribution in [0.25, 0.3) is 16.8 Å². The lowest BCUT2D eigenvalue weighted by atomic mass is 9.90. The first-order valence-corrected chi connectivity index (χ1v) is 22.1. The minimum atomic E-state index is -2.17. The van der Waals surface area contributed by atoms with E-state index in [0.29, 0.717) is 37.1 Å². The number of carbonyl (C=O) groups excluding carboxylic acids is 3. The van der Waals surface area contributed by atoms with Gasteiger partial charge in [0.2, 0.25) is 0 Å². The van der Waals surface area contributed by atoms with Gasteiger partial charge in [0.05, 0.1) is 36.2 Å². The summed E-state index contributed by atoms with van der Waals surface area (Å²) in [5.74, 6) is -1.39. The first-order valence-electron chi connectivity index (χ1n) is 19.2. The van der Waals surface area contributed by atoms with Gasteiger partial charge in [0.15, 0.2) is 14.0 Å². The molecule has 1 atom stereocenters. The van der Waals surface area contributed by atoms with E-state index in [1.54, 1.807) is 29.8 Å². The maximum Gasteiger partial charge on any atom is 0.359 e. The van der Waals surface area contributed by atoms with Crippen molar-refractivity contribution >= 4 is 26.2 Å². The molecule has 0 unspecified atom stereocenters. The summed E-state index contributed by atoms with van der Waals surface area (Å²) >= 11 is 0. The van der Waals surface area contributed by atoms with Crippen LogP contribution in [0.4, 0.5) is 0 Å². The minimum Gasteiger partial charge on any atom is -0.461 e. The van der Waals surface area contributed by atoms with Gasteiger partial charge in [-0.1, -0.05) is 82.6 Å².